The monoisotopic (exact) mass is 283 g/mol. The van der Waals surface area contributed by atoms with Crippen LogP contribution in [0.15, 0.2) is 24.3 Å². The van der Waals surface area contributed by atoms with Crippen molar-refractivity contribution in [3.63, 3.8) is 0 Å². The van der Waals surface area contributed by atoms with Crippen molar-refractivity contribution in [2.24, 2.45) is 7.05 Å². The largest absolute Gasteiger partial charge is 0.406 e. The molecule has 0 spiro atoms. The predicted molar refractivity (Wildman–Crippen MR) is 70.3 cm³/mol. The van der Waals surface area contributed by atoms with Gasteiger partial charge in [0.2, 0.25) is 0 Å². The Bertz CT molecular complexity index is 641. The van der Waals surface area contributed by atoms with Gasteiger partial charge in [0.25, 0.3) is 0 Å². The molecule has 0 aliphatic heterocycles. The molecule has 3 nitrogen and oxygen atoms in total. The third-order valence-corrected chi connectivity index (χ3v) is 3.99. The summed E-state index contributed by atoms with van der Waals surface area (Å²) in [6, 6.07) is 7.09. The van der Waals surface area contributed by atoms with Crippen LogP contribution in [0.3, 0.4) is 0 Å². The molecule has 1 aliphatic rings. The lowest BCUT2D eigenvalue weighted by Gasteiger charge is -2.25. The second-order valence-electron chi connectivity index (χ2n) is 5.46. The number of rotatable bonds is 3. The van der Waals surface area contributed by atoms with Gasteiger partial charge in [0, 0.05) is 7.05 Å². The lowest BCUT2D eigenvalue weighted by molar-refractivity contribution is -0.167. The number of fused-ring (bicyclic) bond motifs is 1. The molecule has 6 heteroatoms. The number of hydrogen-bond acceptors (Lipinski definition) is 2. The zero-order chi connectivity index (χ0) is 14.5. The van der Waals surface area contributed by atoms with E-state index in [1.54, 1.807) is 6.92 Å². The van der Waals surface area contributed by atoms with Gasteiger partial charge in [-0.1, -0.05) is 12.1 Å². The number of imidazole rings is 1. The van der Waals surface area contributed by atoms with Gasteiger partial charge < -0.3 is 4.57 Å². The van der Waals surface area contributed by atoms with Crippen molar-refractivity contribution in [2.45, 2.75) is 37.5 Å². The maximum Gasteiger partial charge on any atom is 0.406 e. The molecule has 1 N–H and O–H groups in total. The van der Waals surface area contributed by atoms with Crippen molar-refractivity contribution in [1.29, 1.82) is 0 Å². The van der Waals surface area contributed by atoms with Gasteiger partial charge in [-0.2, -0.15) is 13.2 Å². The number of halogens is 3. The molecule has 108 valence electrons. The van der Waals surface area contributed by atoms with Crippen LogP contribution >= 0.6 is 0 Å². The lowest BCUT2D eigenvalue weighted by atomic mass is 10.2. The number of alkyl halides is 3. The summed E-state index contributed by atoms with van der Waals surface area (Å²) >= 11 is 0. The Morgan fingerprint density at radius 2 is 1.95 bits per heavy atom. The van der Waals surface area contributed by atoms with Gasteiger partial charge in [0.1, 0.15) is 11.4 Å². The number of para-hydroxylation sites is 2. The van der Waals surface area contributed by atoms with Crippen LogP contribution in [0, 0.1) is 0 Å². The van der Waals surface area contributed by atoms with Crippen molar-refractivity contribution in [1.82, 2.24) is 14.9 Å². The van der Waals surface area contributed by atoms with Crippen LogP contribution in [-0.4, -0.2) is 21.3 Å². The van der Waals surface area contributed by atoms with E-state index in [2.05, 4.69) is 10.3 Å². The first kappa shape index (κ1) is 13.4. The normalized spacial score (nSPS) is 19.2. The molecule has 1 aromatic heterocycles. The number of aromatic nitrogens is 2. The molecule has 1 unspecified atom stereocenters. The molecule has 2 aromatic rings. The zero-order valence-electron chi connectivity index (χ0n) is 11.3. The highest BCUT2D eigenvalue weighted by Crippen LogP contribution is 2.50. The summed E-state index contributed by atoms with van der Waals surface area (Å²) in [5.41, 5.74) is 0.00777. The summed E-state index contributed by atoms with van der Waals surface area (Å²) in [4.78, 5) is 4.44. The SMILES string of the molecule is CC(NC1(C(F)(F)F)CC1)c1nc2ccccc2n1C. The van der Waals surface area contributed by atoms with Gasteiger partial charge in [-0.05, 0) is 31.9 Å². The summed E-state index contributed by atoms with van der Waals surface area (Å²) < 4.78 is 40.8. The van der Waals surface area contributed by atoms with Crippen LogP contribution in [0.1, 0.15) is 31.6 Å². The van der Waals surface area contributed by atoms with Crippen LogP contribution in [0.2, 0.25) is 0 Å². The van der Waals surface area contributed by atoms with Crippen molar-refractivity contribution >= 4 is 11.0 Å². The molecule has 0 radical (unpaired) electrons. The molecule has 1 heterocycles. The first-order valence-corrected chi connectivity index (χ1v) is 6.60. The van der Waals surface area contributed by atoms with E-state index in [1.807, 2.05) is 35.9 Å². The number of benzene rings is 1. The Hall–Kier alpha value is -1.56. The van der Waals surface area contributed by atoms with Crippen molar-refractivity contribution < 1.29 is 13.2 Å². The maximum atomic E-state index is 13.0. The van der Waals surface area contributed by atoms with E-state index in [0.717, 1.165) is 11.0 Å². The maximum absolute atomic E-state index is 13.0. The highest BCUT2D eigenvalue weighted by Gasteiger charge is 2.63. The molecule has 1 atom stereocenters. The predicted octanol–water partition coefficient (Wildman–Crippen LogP) is 3.32. The first-order valence-electron chi connectivity index (χ1n) is 6.60. The van der Waals surface area contributed by atoms with Crippen molar-refractivity contribution in [3.05, 3.63) is 30.1 Å². The molecular formula is C14H16F3N3. The molecular weight excluding hydrogens is 267 g/mol. The van der Waals surface area contributed by atoms with E-state index in [9.17, 15) is 13.2 Å². The number of hydrogen-bond donors (Lipinski definition) is 1. The van der Waals surface area contributed by atoms with Gasteiger partial charge in [0.05, 0.1) is 17.1 Å². The average Bonchev–Trinajstić information content (AvgIpc) is 3.09. The van der Waals surface area contributed by atoms with Crippen molar-refractivity contribution in [3.8, 4) is 0 Å². The average molecular weight is 283 g/mol. The summed E-state index contributed by atoms with van der Waals surface area (Å²) in [6.07, 6.45) is -3.92. The Labute approximate surface area is 114 Å². The molecule has 0 saturated heterocycles. The van der Waals surface area contributed by atoms with Crippen LogP contribution in [0.25, 0.3) is 11.0 Å². The standard InChI is InChI=1S/C14H16F3N3/c1-9(19-13(7-8-13)14(15,16)17)12-18-10-5-3-4-6-11(10)20(12)2/h3-6,9,19H,7-8H2,1-2H3. The summed E-state index contributed by atoms with van der Waals surface area (Å²) in [5, 5.41) is 2.72. The Morgan fingerprint density at radius 1 is 1.30 bits per heavy atom. The van der Waals surface area contributed by atoms with Crippen LogP contribution in [0.5, 0.6) is 0 Å². The fraction of sp³-hybridized carbons (Fsp3) is 0.500. The van der Waals surface area contributed by atoms with Crippen molar-refractivity contribution in [2.75, 3.05) is 0 Å². The summed E-state index contributed by atoms with van der Waals surface area (Å²) in [6.45, 7) is 1.73. The summed E-state index contributed by atoms with van der Waals surface area (Å²) in [5.74, 6) is 0.627. The molecule has 0 amide bonds. The van der Waals surface area contributed by atoms with E-state index in [0.29, 0.717) is 5.82 Å². The Kier molecular flexibility index (Phi) is 2.83. The second-order valence-corrected chi connectivity index (χ2v) is 5.46. The smallest absolute Gasteiger partial charge is 0.330 e. The molecule has 1 saturated carbocycles. The Balaban J connectivity index is 1.90. The van der Waals surface area contributed by atoms with E-state index >= 15 is 0 Å². The van der Waals surface area contributed by atoms with Crippen LogP contribution in [0.4, 0.5) is 13.2 Å². The third-order valence-electron chi connectivity index (χ3n) is 3.99. The first-order chi connectivity index (χ1) is 9.34. The van der Waals surface area contributed by atoms with Gasteiger partial charge in [-0.3, -0.25) is 5.32 Å². The molecule has 1 aromatic carbocycles. The van der Waals surface area contributed by atoms with E-state index in [1.165, 1.54) is 0 Å². The molecule has 1 fully saturated rings. The van der Waals surface area contributed by atoms with Gasteiger partial charge in [0.15, 0.2) is 0 Å². The number of aryl methyl sites for hydroxylation is 1. The minimum Gasteiger partial charge on any atom is -0.330 e. The molecule has 3 rings (SSSR count). The minimum atomic E-state index is -4.20. The fourth-order valence-electron chi connectivity index (χ4n) is 2.67. The quantitative estimate of drug-likeness (QED) is 0.936. The van der Waals surface area contributed by atoms with Gasteiger partial charge in [-0.15, -0.1) is 0 Å². The third kappa shape index (κ3) is 1.98. The number of nitrogens with one attached hydrogen (secondary N) is 1. The molecule has 20 heavy (non-hydrogen) atoms. The van der Waals surface area contributed by atoms with Crippen LogP contribution < -0.4 is 5.32 Å². The highest BCUT2D eigenvalue weighted by molar-refractivity contribution is 5.75. The highest BCUT2D eigenvalue weighted by atomic mass is 19.4. The molecule has 0 bridgehead atoms. The zero-order valence-corrected chi connectivity index (χ0v) is 11.3. The fourth-order valence-corrected chi connectivity index (χ4v) is 2.67. The molecule has 1 aliphatic carbocycles. The minimum absolute atomic E-state index is 0.144. The summed E-state index contributed by atoms with van der Waals surface area (Å²) in [7, 11) is 1.83. The Morgan fingerprint density at radius 3 is 2.50 bits per heavy atom. The van der Waals surface area contributed by atoms with Gasteiger partial charge >= 0.3 is 6.18 Å². The van der Waals surface area contributed by atoms with Gasteiger partial charge in [-0.25, -0.2) is 4.98 Å². The topological polar surface area (TPSA) is 29.9 Å². The number of nitrogens with zero attached hydrogens (tertiary/aromatic N) is 2. The van der Waals surface area contributed by atoms with E-state index < -0.39 is 17.8 Å². The lowest BCUT2D eigenvalue weighted by Crippen LogP contribution is -2.46. The van der Waals surface area contributed by atoms with E-state index in [-0.39, 0.29) is 12.8 Å². The van der Waals surface area contributed by atoms with Crippen LogP contribution in [-0.2, 0) is 7.05 Å². The second kappa shape index (κ2) is 4.22. The van der Waals surface area contributed by atoms with E-state index in [4.69, 9.17) is 0 Å².